The van der Waals surface area contributed by atoms with Crippen molar-refractivity contribution >= 4 is 23.0 Å². The van der Waals surface area contributed by atoms with E-state index in [-0.39, 0.29) is 0 Å². The molecule has 2 aliphatic rings. The molecule has 1 aromatic heterocycles. The van der Waals surface area contributed by atoms with Crippen LogP contribution < -0.4 is 15.1 Å². The van der Waals surface area contributed by atoms with Gasteiger partial charge in [0.2, 0.25) is 0 Å². The lowest BCUT2D eigenvalue weighted by Crippen LogP contribution is -2.30. The monoisotopic (exact) mass is 351 g/mol. The third kappa shape index (κ3) is 4.09. The van der Waals surface area contributed by atoms with Gasteiger partial charge in [-0.2, -0.15) is 0 Å². The van der Waals surface area contributed by atoms with Gasteiger partial charge in [-0.15, -0.1) is 0 Å². The molecule has 3 heterocycles. The number of benzene rings is 1. The highest BCUT2D eigenvalue weighted by Gasteiger charge is 2.14. The number of hydrogen-bond acceptors (Lipinski definition) is 5. The van der Waals surface area contributed by atoms with Gasteiger partial charge in [-0.25, -0.2) is 9.97 Å². The standard InChI is InChI=1S/C21H29N5/c1-17-22-20(16-21(23-17)26-14-6-3-7-15-26)24-18-8-10-19(11-9-18)25-12-4-2-5-13-25/h8-11,16H,2-7,12-15H2,1H3,(H,22,23,24). The number of rotatable bonds is 4. The third-order valence-electron chi connectivity index (χ3n) is 5.37. The molecule has 0 spiro atoms. The summed E-state index contributed by atoms with van der Waals surface area (Å²) in [6.45, 7) is 6.52. The van der Waals surface area contributed by atoms with Crippen molar-refractivity contribution in [1.82, 2.24) is 9.97 Å². The lowest BCUT2D eigenvalue weighted by Gasteiger charge is -2.29. The number of piperidine rings is 2. The van der Waals surface area contributed by atoms with Crippen LogP contribution in [0, 0.1) is 6.92 Å². The lowest BCUT2D eigenvalue weighted by molar-refractivity contribution is 0.572. The second-order valence-electron chi connectivity index (χ2n) is 7.43. The highest BCUT2D eigenvalue weighted by Crippen LogP contribution is 2.25. The minimum atomic E-state index is 0.820. The predicted octanol–water partition coefficient (Wildman–Crippen LogP) is 4.51. The molecular formula is C21H29N5. The topological polar surface area (TPSA) is 44.3 Å². The molecule has 5 heteroatoms. The van der Waals surface area contributed by atoms with Crippen LogP contribution in [0.4, 0.5) is 23.0 Å². The number of nitrogens with one attached hydrogen (secondary N) is 1. The second-order valence-corrected chi connectivity index (χ2v) is 7.43. The van der Waals surface area contributed by atoms with E-state index < -0.39 is 0 Å². The smallest absolute Gasteiger partial charge is 0.136 e. The van der Waals surface area contributed by atoms with Gasteiger partial charge in [-0.05, 0) is 69.7 Å². The molecule has 26 heavy (non-hydrogen) atoms. The van der Waals surface area contributed by atoms with Crippen LogP contribution in [0.2, 0.25) is 0 Å². The zero-order chi connectivity index (χ0) is 17.8. The summed E-state index contributed by atoms with van der Waals surface area (Å²) in [7, 11) is 0. The Hall–Kier alpha value is -2.30. The lowest BCUT2D eigenvalue weighted by atomic mass is 10.1. The Bertz CT molecular complexity index is 716. The first kappa shape index (κ1) is 17.1. The fourth-order valence-electron chi connectivity index (χ4n) is 3.96. The van der Waals surface area contributed by atoms with Crippen LogP contribution in [0.15, 0.2) is 30.3 Å². The Labute approximate surface area is 156 Å². The Morgan fingerprint density at radius 1 is 0.769 bits per heavy atom. The summed E-state index contributed by atoms with van der Waals surface area (Å²) < 4.78 is 0. The normalized spacial score (nSPS) is 18.0. The number of hydrogen-bond donors (Lipinski definition) is 1. The quantitative estimate of drug-likeness (QED) is 0.878. The number of aromatic nitrogens is 2. The van der Waals surface area contributed by atoms with Crippen LogP contribution in [-0.2, 0) is 0 Å². The Morgan fingerprint density at radius 3 is 2.04 bits per heavy atom. The second kappa shape index (κ2) is 7.94. The summed E-state index contributed by atoms with van der Waals surface area (Å²) in [5.74, 6) is 2.74. The molecule has 0 saturated carbocycles. The van der Waals surface area contributed by atoms with Gasteiger partial charge >= 0.3 is 0 Å². The Kier molecular flexibility index (Phi) is 5.23. The van der Waals surface area contributed by atoms with E-state index in [1.165, 1.54) is 57.3 Å². The van der Waals surface area contributed by atoms with Gasteiger partial charge in [0, 0.05) is 43.6 Å². The van der Waals surface area contributed by atoms with E-state index in [1.807, 2.05) is 6.92 Å². The summed E-state index contributed by atoms with van der Waals surface area (Å²) in [4.78, 5) is 14.1. The van der Waals surface area contributed by atoms with E-state index in [1.54, 1.807) is 0 Å². The highest BCUT2D eigenvalue weighted by atomic mass is 15.2. The minimum Gasteiger partial charge on any atom is -0.372 e. The third-order valence-corrected chi connectivity index (χ3v) is 5.37. The zero-order valence-corrected chi connectivity index (χ0v) is 15.7. The van der Waals surface area contributed by atoms with Gasteiger partial charge in [-0.3, -0.25) is 0 Å². The summed E-state index contributed by atoms with van der Waals surface area (Å²) in [5.41, 5.74) is 2.40. The summed E-state index contributed by atoms with van der Waals surface area (Å²) in [5, 5.41) is 3.46. The van der Waals surface area contributed by atoms with E-state index in [9.17, 15) is 0 Å². The molecule has 0 radical (unpaired) electrons. The number of nitrogens with zero attached hydrogens (tertiary/aromatic N) is 4. The fourth-order valence-corrected chi connectivity index (χ4v) is 3.96. The molecule has 2 saturated heterocycles. The predicted molar refractivity (Wildman–Crippen MR) is 109 cm³/mol. The van der Waals surface area contributed by atoms with Gasteiger partial charge in [0.1, 0.15) is 17.5 Å². The maximum atomic E-state index is 4.64. The van der Waals surface area contributed by atoms with Crippen LogP contribution in [-0.4, -0.2) is 36.1 Å². The summed E-state index contributed by atoms with van der Waals surface area (Å²) in [6.07, 6.45) is 7.81. The van der Waals surface area contributed by atoms with E-state index >= 15 is 0 Å². The van der Waals surface area contributed by atoms with Gasteiger partial charge in [0.25, 0.3) is 0 Å². The van der Waals surface area contributed by atoms with Crippen molar-refractivity contribution in [3.05, 3.63) is 36.2 Å². The molecular weight excluding hydrogens is 322 g/mol. The van der Waals surface area contributed by atoms with E-state index in [4.69, 9.17) is 0 Å². The molecule has 4 rings (SSSR count). The molecule has 0 unspecified atom stereocenters. The van der Waals surface area contributed by atoms with E-state index in [2.05, 4.69) is 55.4 Å². The molecule has 2 aromatic rings. The van der Waals surface area contributed by atoms with Crippen molar-refractivity contribution in [2.24, 2.45) is 0 Å². The van der Waals surface area contributed by atoms with Crippen molar-refractivity contribution in [3.63, 3.8) is 0 Å². The molecule has 2 aliphatic heterocycles. The molecule has 5 nitrogen and oxygen atoms in total. The van der Waals surface area contributed by atoms with Gasteiger partial charge in [0.15, 0.2) is 0 Å². The molecule has 2 fully saturated rings. The van der Waals surface area contributed by atoms with Crippen molar-refractivity contribution in [1.29, 1.82) is 0 Å². The molecule has 1 N–H and O–H groups in total. The maximum absolute atomic E-state index is 4.64. The first-order valence-electron chi connectivity index (χ1n) is 10.0. The van der Waals surface area contributed by atoms with Gasteiger partial charge < -0.3 is 15.1 Å². The minimum absolute atomic E-state index is 0.820. The number of aryl methyl sites for hydroxylation is 1. The van der Waals surface area contributed by atoms with E-state index in [0.29, 0.717) is 0 Å². The summed E-state index contributed by atoms with van der Waals surface area (Å²) >= 11 is 0. The van der Waals surface area contributed by atoms with Crippen LogP contribution in [0.1, 0.15) is 44.3 Å². The Balaban J connectivity index is 1.47. The maximum Gasteiger partial charge on any atom is 0.136 e. The van der Waals surface area contributed by atoms with Gasteiger partial charge in [-0.1, -0.05) is 0 Å². The van der Waals surface area contributed by atoms with Crippen LogP contribution in [0.5, 0.6) is 0 Å². The average molecular weight is 351 g/mol. The molecule has 0 bridgehead atoms. The van der Waals surface area contributed by atoms with Crippen molar-refractivity contribution < 1.29 is 0 Å². The molecule has 138 valence electrons. The largest absolute Gasteiger partial charge is 0.372 e. The number of anilines is 4. The first-order valence-corrected chi connectivity index (χ1v) is 10.0. The molecule has 0 atom stereocenters. The molecule has 0 aliphatic carbocycles. The average Bonchev–Trinajstić information content (AvgIpc) is 2.69. The Morgan fingerprint density at radius 2 is 1.38 bits per heavy atom. The first-order chi connectivity index (χ1) is 12.8. The van der Waals surface area contributed by atoms with Crippen molar-refractivity contribution in [2.75, 3.05) is 41.3 Å². The molecule has 0 amide bonds. The van der Waals surface area contributed by atoms with Crippen LogP contribution in [0.3, 0.4) is 0 Å². The fraction of sp³-hybridized carbons (Fsp3) is 0.524. The zero-order valence-electron chi connectivity index (χ0n) is 15.7. The summed E-state index contributed by atoms with van der Waals surface area (Å²) in [6, 6.07) is 10.8. The highest BCUT2D eigenvalue weighted by molar-refractivity contribution is 5.63. The SMILES string of the molecule is Cc1nc(Nc2ccc(N3CCCCC3)cc2)cc(N2CCCCC2)n1. The van der Waals surface area contributed by atoms with Crippen molar-refractivity contribution in [3.8, 4) is 0 Å². The van der Waals surface area contributed by atoms with E-state index in [0.717, 1.165) is 36.2 Å². The van der Waals surface area contributed by atoms with Crippen LogP contribution >= 0.6 is 0 Å². The van der Waals surface area contributed by atoms with Crippen molar-refractivity contribution in [2.45, 2.75) is 45.4 Å². The van der Waals surface area contributed by atoms with Gasteiger partial charge in [0.05, 0.1) is 0 Å². The van der Waals surface area contributed by atoms with Crippen LogP contribution in [0.25, 0.3) is 0 Å². The molecule has 1 aromatic carbocycles.